The second-order valence-corrected chi connectivity index (χ2v) is 7.01. The fourth-order valence-electron chi connectivity index (χ4n) is 2.76. The number of methoxy groups -OCH3 is 1. The number of ether oxygens (including phenoxy) is 2. The van der Waals surface area contributed by atoms with Crippen LogP contribution in [0.4, 0.5) is 4.79 Å². The lowest BCUT2D eigenvalue weighted by Crippen LogP contribution is -2.44. The number of carbonyl (C=O) groups excluding carboxylic acids is 2. The summed E-state index contributed by atoms with van der Waals surface area (Å²) in [6.07, 6.45) is 0.699. The number of hydrogen-bond donors (Lipinski definition) is 0. The largest absolute Gasteiger partial charge is 0.467 e. The fourth-order valence-corrected chi connectivity index (χ4v) is 2.89. The molecule has 0 spiro atoms. The molecule has 0 N–H and O–H groups in total. The molecule has 1 aromatic rings. The molecule has 0 radical (unpaired) electrons. The number of esters is 1. The van der Waals surface area contributed by atoms with Crippen LogP contribution in [-0.4, -0.2) is 35.7 Å². The van der Waals surface area contributed by atoms with Crippen molar-refractivity contribution < 1.29 is 19.1 Å². The Balaban J connectivity index is 2.31. The van der Waals surface area contributed by atoms with Crippen molar-refractivity contribution in [1.29, 1.82) is 0 Å². The highest BCUT2D eigenvalue weighted by Gasteiger charge is 2.44. The van der Waals surface area contributed by atoms with Crippen molar-refractivity contribution in [1.82, 2.24) is 4.90 Å². The second kappa shape index (κ2) is 6.79. The molecular weight excluding hydrogens is 318 g/mol. The lowest BCUT2D eigenvalue weighted by Gasteiger charge is -2.31. The average Bonchev–Trinajstić information content (AvgIpc) is 2.90. The molecule has 1 amide bonds. The van der Waals surface area contributed by atoms with Crippen molar-refractivity contribution in [2.24, 2.45) is 0 Å². The second-order valence-electron chi connectivity index (χ2n) is 6.57. The van der Waals surface area contributed by atoms with Gasteiger partial charge < -0.3 is 9.47 Å². The van der Waals surface area contributed by atoms with E-state index >= 15 is 0 Å². The Morgan fingerprint density at radius 3 is 2.30 bits per heavy atom. The molecule has 0 bridgehead atoms. The molecule has 0 aromatic heterocycles. The van der Waals surface area contributed by atoms with E-state index in [0.29, 0.717) is 17.9 Å². The molecule has 2 atom stereocenters. The average molecular weight is 340 g/mol. The van der Waals surface area contributed by atoms with E-state index in [1.165, 1.54) is 12.0 Å². The molecule has 23 heavy (non-hydrogen) atoms. The number of benzene rings is 1. The minimum absolute atomic E-state index is 0.230. The molecule has 1 aliphatic heterocycles. The van der Waals surface area contributed by atoms with Gasteiger partial charge in [-0.05, 0) is 51.3 Å². The van der Waals surface area contributed by atoms with E-state index in [9.17, 15) is 9.59 Å². The van der Waals surface area contributed by atoms with Crippen LogP contribution in [0.15, 0.2) is 24.3 Å². The highest BCUT2D eigenvalue weighted by Crippen LogP contribution is 2.38. The van der Waals surface area contributed by atoms with Gasteiger partial charge in [-0.15, -0.1) is 0 Å². The molecule has 1 aliphatic rings. The van der Waals surface area contributed by atoms with E-state index in [1.807, 2.05) is 12.1 Å². The minimum atomic E-state index is -0.634. The zero-order valence-electron chi connectivity index (χ0n) is 13.8. The van der Waals surface area contributed by atoms with E-state index in [2.05, 4.69) is 0 Å². The van der Waals surface area contributed by atoms with Crippen molar-refractivity contribution in [3.8, 4) is 0 Å². The lowest BCUT2D eigenvalue weighted by molar-refractivity contribution is -0.146. The summed E-state index contributed by atoms with van der Waals surface area (Å²) in [5, 5.41) is 0.625. The molecule has 1 fully saturated rings. The summed E-state index contributed by atoms with van der Waals surface area (Å²) in [5.41, 5.74) is 0.289. The van der Waals surface area contributed by atoms with Gasteiger partial charge in [-0.25, -0.2) is 9.59 Å². The third-order valence-electron chi connectivity index (χ3n) is 3.72. The monoisotopic (exact) mass is 339 g/mol. The van der Waals surface area contributed by atoms with Gasteiger partial charge >= 0.3 is 12.1 Å². The first kappa shape index (κ1) is 17.6. The molecule has 5 nitrogen and oxygen atoms in total. The number of halogens is 1. The Hall–Kier alpha value is -1.75. The Morgan fingerprint density at radius 2 is 1.78 bits per heavy atom. The summed E-state index contributed by atoms with van der Waals surface area (Å²) >= 11 is 5.93. The quantitative estimate of drug-likeness (QED) is 0.765. The summed E-state index contributed by atoms with van der Waals surface area (Å²) in [6, 6.07) is 6.42. The van der Waals surface area contributed by atoms with Crippen LogP contribution >= 0.6 is 11.6 Å². The van der Waals surface area contributed by atoms with Gasteiger partial charge in [0.15, 0.2) is 0 Å². The summed E-state index contributed by atoms with van der Waals surface area (Å²) in [4.78, 5) is 26.1. The van der Waals surface area contributed by atoms with E-state index in [1.54, 1.807) is 32.9 Å². The maximum atomic E-state index is 12.6. The van der Waals surface area contributed by atoms with Gasteiger partial charge in [0.05, 0.1) is 13.2 Å². The first-order valence-corrected chi connectivity index (χ1v) is 7.95. The summed E-state index contributed by atoms with van der Waals surface area (Å²) in [7, 11) is 1.32. The highest BCUT2D eigenvalue weighted by atomic mass is 35.5. The molecule has 0 saturated carbocycles. The SMILES string of the molecule is COC(=O)[C@H]1CC[C@@H](c2ccc(Cl)cc2)N1C(=O)OC(C)(C)C. The lowest BCUT2D eigenvalue weighted by atomic mass is 10.1. The summed E-state index contributed by atoms with van der Waals surface area (Å²) in [6.45, 7) is 5.39. The maximum Gasteiger partial charge on any atom is 0.411 e. The normalized spacial score (nSPS) is 21.2. The van der Waals surface area contributed by atoms with Crippen molar-refractivity contribution in [3.05, 3.63) is 34.9 Å². The van der Waals surface area contributed by atoms with Crippen LogP contribution in [0.3, 0.4) is 0 Å². The number of nitrogens with zero attached hydrogens (tertiary/aromatic N) is 1. The van der Waals surface area contributed by atoms with Crippen LogP contribution in [0.2, 0.25) is 5.02 Å². The van der Waals surface area contributed by atoms with Crippen molar-refractivity contribution in [3.63, 3.8) is 0 Å². The number of likely N-dealkylation sites (tertiary alicyclic amines) is 1. The third kappa shape index (κ3) is 4.16. The number of hydrogen-bond acceptors (Lipinski definition) is 4. The Kier molecular flexibility index (Phi) is 5.19. The summed E-state index contributed by atoms with van der Waals surface area (Å²) in [5.74, 6) is -0.424. The van der Waals surface area contributed by atoms with Gasteiger partial charge in [0.1, 0.15) is 11.6 Å². The Labute approximate surface area is 141 Å². The zero-order chi connectivity index (χ0) is 17.2. The van der Waals surface area contributed by atoms with E-state index in [4.69, 9.17) is 21.1 Å². The summed E-state index contributed by atoms with van der Waals surface area (Å²) < 4.78 is 10.3. The molecule has 6 heteroatoms. The highest BCUT2D eigenvalue weighted by molar-refractivity contribution is 6.30. The fraction of sp³-hybridized carbons (Fsp3) is 0.529. The van der Waals surface area contributed by atoms with Gasteiger partial charge in [-0.2, -0.15) is 0 Å². The predicted molar refractivity (Wildman–Crippen MR) is 87.3 cm³/mol. The van der Waals surface area contributed by atoms with Gasteiger partial charge in [-0.3, -0.25) is 4.90 Å². The smallest absolute Gasteiger partial charge is 0.411 e. The van der Waals surface area contributed by atoms with Crippen LogP contribution in [0, 0.1) is 0 Å². The van der Waals surface area contributed by atoms with Gasteiger partial charge in [-0.1, -0.05) is 23.7 Å². The van der Waals surface area contributed by atoms with Crippen LogP contribution in [0.1, 0.15) is 45.2 Å². The van der Waals surface area contributed by atoms with Crippen LogP contribution < -0.4 is 0 Å². The molecule has 0 aliphatic carbocycles. The predicted octanol–water partition coefficient (Wildman–Crippen LogP) is 3.95. The van der Waals surface area contributed by atoms with E-state index in [-0.39, 0.29) is 6.04 Å². The maximum absolute atomic E-state index is 12.6. The molecule has 1 aromatic carbocycles. The Morgan fingerprint density at radius 1 is 1.17 bits per heavy atom. The van der Waals surface area contributed by atoms with Crippen molar-refractivity contribution in [2.45, 2.75) is 51.3 Å². The molecule has 0 unspecified atom stereocenters. The van der Waals surface area contributed by atoms with Gasteiger partial charge in [0, 0.05) is 5.02 Å². The third-order valence-corrected chi connectivity index (χ3v) is 3.97. The van der Waals surface area contributed by atoms with E-state index in [0.717, 1.165) is 5.56 Å². The van der Waals surface area contributed by atoms with Crippen molar-refractivity contribution in [2.75, 3.05) is 7.11 Å². The number of rotatable bonds is 2. The number of amides is 1. The van der Waals surface area contributed by atoms with Gasteiger partial charge in [0.25, 0.3) is 0 Å². The molecule has 2 rings (SSSR count). The topological polar surface area (TPSA) is 55.8 Å². The number of carbonyl (C=O) groups is 2. The van der Waals surface area contributed by atoms with Crippen molar-refractivity contribution >= 4 is 23.7 Å². The van der Waals surface area contributed by atoms with E-state index < -0.39 is 23.7 Å². The zero-order valence-corrected chi connectivity index (χ0v) is 14.6. The van der Waals surface area contributed by atoms with Gasteiger partial charge in [0.2, 0.25) is 0 Å². The first-order valence-electron chi connectivity index (χ1n) is 7.57. The molecule has 1 saturated heterocycles. The standard InChI is InChI=1S/C17H22ClNO4/c1-17(2,3)23-16(21)19-13(9-10-14(19)15(20)22-4)11-5-7-12(18)8-6-11/h5-8,13-14H,9-10H2,1-4H3/t13-,14+/m0/s1. The molecule has 1 heterocycles. The van der Waals surface area contributed by atoms with Crippen LogP contribution in [0.5, 0.6) is 0 Å². The van der Waals surface area contributed by atoms with Crippen LogP contribution in [-0.2, 0) is 14.3 Å². The first-order chi connectivity index (χ1) is 10.7. The van der Waals surface area contributed by atoms with Crippen LogP contribution in [0.25, 0.3) is 0 Å². The molecule has 126 valence electrons. The Bertz CT molecular complexity index is 579. The molecular formula is C17H22ClNO4. The minimum Gasteiger partial charge on any atom is -0.467 e.